The average Bonchev–Trinajstić information content (AvgIpc) is 2.38. The highest BCUT2D eigenvalue weighted by Gasteiger charge is 2.54. The molecule has 0 spiro atoms. The van der Waals surface area contributed by atoms with Crippen molar-refractivity contribution >= 4 is 15.0 Å². The smallest absolute Gasteiger partial charge is 0.433 e. The van der Waals surface area contributed by atoms with Crippen molar-refractivity contribution in [2.45, 2.75) is 19.6 Å². The quantitative estimate of drug-likeness (QED) is 0.136. The highest BCUT2D eigenvalue weighted by atomic mass is 28.4. The molecular weight excluding hydrogens is 280 g/mol. The second-order valence-electron chi connectivity index (χ2n) is 2.85. The number of carbonyl (C=O) groups is 1. The van der Waals surface area contributed by atoms with Crippen LogP contribution in [0.4, 0.5) is 0 Å². The molecule has 0 saturated carbocycles. The van der Waals surface area contributed by atoms with Gasteiger partial charge in [0.25, 0.3) is 0 Å². The van der Waals surface area contributed by atoms with Crippen LogP contribution in [0.3, 0.4) is 0 Å². The molecule has 0 aromatic carbocycles. The molecule has 0 aromatic heterocycles. The molecule has 19 heavy (non-hydrogen) atoms. The molecule has 9 nitrogen and oxygen atoms in total. The van der Waals surface area contributed by atoms with Crippen molar-refractivity contribution in [3.8, 4) is 0 Å². The molecule has 0 aliphatic rings. The van der Waals surface area contributed by atoms with E-state index in [1.165, 1.54) is 21.3 Å². The van der Waals surface area contributed by atoms with Gasteiger partial charge in [-0.25, -0.2) is 19.5 Å². The van der Waals surface area contributed by atoms with Crippen LogP contribution in [0.5, 0.6) is 0 Å². The summed E-state index contributed by atoms with van der Waals surface area (Å²) in [6.07, 6.45) is 0.264. The SMILES string of the molecule is C=CC(=O)OC(CC)O[Si](OOC)(OOC)OOC. The Balaban J connectivity index is 4.81. The standard InChI is InChI=1S/C9H18O9Si/c1-6-8(10)14-9(7-2)15-19(16-11-3,17-12-4)18-13-5/h6,9H,1,7H2,2-5H3. The van der Waals surface area contributed by atoms with Gasteiger partial charge in [0.05, 0.1) is 21.3 Å². The molecule has 1 atom stereocenters. The van der Waals surface area contributed by atoms with Gasteiger partial charge in [0, 0.05) is 12.5 Å². The van der Waals surface area contributed by atoms with Gasteiger partial charge in [-0.2, -0.15) is 13.7 Å². The Kier molecular flexibility index (Phi) is 9.55. The van der Waals surface area contributed by atoms with Crippen molar-refractivity contribution in [3.05, 3.63) is 12.7 Å². The fourth-order valence-corrected chi connectivity index (χ4v) is 2.29. The van der Waals surface area contributed by atoms with E-state index in [2.05, 4.69) is 21.2 Å². The summed E-state index contributed by atoms with van der Waals surface area (Å²) < 4.78 is 24.5. The van der Waals surface area contributed by atoms with Crippen molar-refractivity contribution in [1.82, 2.24) is 0 Å². The molecule has 112 valence electrons. The molecule has 0 radical (unpaired) electrons. The molecule has 0 bridgehead atoms. The summed E-state index contributed by atoms with van der Waals surface area (Å²) in [5.41, 5.74) is 0. The molecule has 0 rings (SSSR count). The summed E-state index contributed by atoms with van der Waals surface area (Å²) in [6, 6.07) is 0. The van der Waals surface area contributed by atoms with Crippen molar-refractivity contribution in [2.75, 3.05) is 21.3 Å². The first-order valence-corrected chi connectivity index (χ1v) is 6.87. The maximum atomic E-state index is 11.1. The highest BCUT2D eigenvalue weighted by molar-refractivity contribution is 6.52. The Morgan fingerprint density at radius 1 is 1.16 bits per heavy atom. The fourth-order valence-electron chi connectivity index (χ4n) is 0.936. The summed E-state index contributed by atoms with van der Waals surface area (Å²) in [6.45, 7) is 4.97. The van der Waals surface area contributed by atoms with E-state index in [0.717, 1.165) is 6.08 Å². The van der Waals surface area contributed by atoms with Gasteiger partial charge in [-0.05, 0) is 0 Å². The van der Waals surface area contributed by atoms with Gasteiger partial charge in [-0.15, -0.1) is 0 Å². The van der Waals surface area contributed by atoms with Gasteiger partial charge in [0.2, 0.25) is 0 Å². The monoisotopic (exact) mass is 298 g/mol. The normalized spacial score (nSPS) is 13.1. The van der Waals surface area contributed by atoms with Crippen LogP contribution in [0.2, 0.25) is 0 Å². The van der Waals surface area contributed by atoms with Crippen LogP contribution >= 0.6 is 0 Å². The first-order chi connectivity index (χ1) is 9.07. The molecule has 0 N–H and O–H groups in total. The van der Waals surface area contributed by atoms with E-state index in [4.69, 9.17) is 22.9 Å². The Morgan fingerprint density at radius 3 is 1.95 bits per heavy atom. The Bertz CT molecular complexity index is 255. The zero-order chi connectivity index (χ0) is 14.7. The van der Waals surface area contributed by atoms with Crippen molar-refractivity contribution < 1.29 is 42.4 Å². The number of carbonyl (C=O) groups excluding carboxylic acids is 1. The predicted molar refractivity (Wildman–Crippen MR) is 61.5 cm³/mol. The number of rotatable bonds is 11. The molecular formula is C9H18O9Si. The Hall–Kier alpha value is -0.853. The largest absolute Gasteiger partial charge is 0.767 e. The molecule has 0 fully saturated rings. The van der Waals surface area contributed by atoms with E-state index in [0.29, 0.717) is 6.42 Å². The lowest BCUT2D eigenvalue weighted by atomic mass is 10.5. The second-order valence-corrected chi connectivity index (χ2v) is 4.58. The molecule has 0 saturated heterocycles. The van der Waals surface area contributed by atoms with Crippen molar-refractivity contribution in [3.63, 3.8) is 0 Å². The lowest BCUT2D eigenvalue weighted by Gasteiger charge is -2.26. The van der Waals surface area contributed by atoms with Gasteiger partial charge < -0.3 is 9.16 Å². The molecule has 0 aromatic rings. The minimum Gasteiger partial charge on any atom is -0.433 e. The van der Waals surface area contributed by atoms with Crippen LogP contribution in [-0.2, 0) is 42.4 Å². The minimum absolute atomic E-state index is 0.293. The van der Waals surface area contributed by atoms with Gasteiger partial charge in [0.1, 0.15) is 0 Å². The van der Waals surface area contributed by atoms with E-state index in [1.807, 2.05) is 0 Å². The predicted octanol–water partition coefficient (Wildman–Crippen LogP) is 0.638. The maximum Gasteiger partial charge on any atom is 0.767 e. The average molecular weight is 298 g/mol. The van der Waals surface area contributed by atoms with E-state index in [1.54, 1.807) is 6.92 Å². The zero-order valence-corrected chi connectivity index (χ0v) is 12.2. The van der Waals surface area contributed by atoms with Gasteiger partial charge in [-0.3, -0.25) is 0 Å². The number of hydrogen-bond acceptors (Lipinski definition) is 9. The first-order valence-electron chi connectivity index (χ1n) is 5.23. The molecule has 0 heterocycles. The van der Waals surface area contributed by atoms with Crippen LogP contribution < -0.4 is 0 Å². The van der Waals surface area contributed by atoms with Gasteiger partial charge >= 0.3 is 15.0 Å². The maximum absolute atomic E-state index is 11.1. The van der Waals surface area contributed by atoms with Crippen LogP contribution in [0.1, 0.15) is 13.3 Å². The zero-order valence-electron chi connectivity index (χ0n) is 11.2. The fraction of sp³-hybridized carbons (Fsp3) is 0.667. The summed E-state index contributed by atoms with van der Waals surface area (Å²) in [7, 11) is -0.313. The Morgan fingerprint density at radius 2 is 1.63 bits per heavy atom. The molecule has 0 aliphatic heterocycles. The van der Waals surface area contributed by atoms with Gasteiger partial charge in [0.15, 0.2) is 6.29 Å². The van der Waals surface area contributed by atoms with Crippen molar-refractivity contribution in [1.29, 1.82) is 0 Å². The number of esters is 1. The third-order valence-corrected chi connectivity index (χ3v) is 3.24. The summed E-state index contributed by atoms with van der Waals surface area (Å²) in [5, 5.41) is 0. The lowest BCUT2D eigenvalue weighted by molar-refractivity contribution is -0.379. The topological polar surface area (TPSA) is 90.9 Å². The lowest BCUT2D eigenvalue weighted by Crippen LogP contribution is -2.51. The van der Waals surface area contributed by atoms with Gasteiger partial charge in [-0.1, -0.05) is 13.5 Å². The summed E-state index contributed by atoms with van der Waals surface area (Å²) >= 11 is 0. The first kappa shape index (κ1) is 18.1. The number of ether oxygens (including phenoxy) is 1. The number of hydrogen-bond donors (Lipinski definition) is 0. The Labute approximate surface area is 112 Å². The van der Waals surface area contributed by atoms with Crippen LogP contribution in [0, 0.1) is 0 Å². The van der Waals surface area contributed by atoms with E-state index >= 15 is 0 Å². The summed E-state index contributed by atoms with van der Waals surface area (Å²) in [5.74, 6) is -0.679. The molecule has 0 amide bonds. The van der Waals surface area contributed by atoms with Crippen LogP contribution in [0.15, 0.2) is 12.7 Å². The third-order valence-electron chi connectivity index (χ3n) is 1.58. The molecule has 1 unspecified atom stereocenters. The molecule has 10 heteroatoms. The van der Waals surface area contributed by atoms with Crippen LogP contribution in [0.25, 0.3) is 0 Å². The summed E-state index contributed by atoms with van der Waals surface area (Å²) in [4.78, 5) is 24.5. The second kappa shape index (κ2) is 10.00. The van der Waals surface area contributed by atoms with Crippen LogP contribution in [-0.4, -0.2) is 42.6 Å². The van der Waals surface area contributed by atoms with E-state index in [9.17, 15) is 4.79 Å². The minimum atomic E-state index is -3.94. The third kappa shape index (κ3) is 6.75. The van der Waals surface area contributed by atoms with Crippen molar-refractivity contribution in [2.24, 2.45) is 0 Å². The van der Waals surface area contributed by atoms with E-state index in [-0.39, 0.29) is 0 Å². The molecule has 0 aliphatic carbocycles. The highest BCUT2D eigenvalue weighted by Crippen LogP contribution is 2.17. The van der Waals surface area contributed by atoms with E-state index < -0.39 is 21.3 Å².